The fraction of sp³-hybridized carbons (Fsp3) is 0.667. The molecular formula is C24H37N3O3. The van der Waals surface area contributed by atoms with Crippen LogP contribution in [0.3, 0.4) is 0 Å². The van der Waals surface area contributed by atoms with Crippen LogP contribution in [0.25, 0.3) is 0 Å². The van der Waals surface area contributed by atoms with Gasteiger partial charge in [-0.1, -0.05) is 57.5 Å². The van der Waals surface area contributed by atoms with E-state index in [2.05, 4.69) is 26.1 Å². The molecule has 2 aliphatic rings. The number of nitrogens with zero attached hydrogens (tertiary/aromatic N) is 2. The summed E-state index contributed by atoms with van der Waals surface area (Å²) in [5.41, 5.74) is 0.646. The number of nitrogens with one attached hydrogen (secondary N) is 1. The summed E-state index contributed by atoms with van der Waals surface area (Å²) in [6.45, 7) is 7.93. The lowest BCUT2D eigenvalue weighted by Gasteiger charge is -2.42. The standard InChI is InChI=1S/C24H37N3O3/c1-5-23(2,3)19-11-13-24(14-12-19)21(29)27(22(30)25-24)17-20(28)16-26(4)15-18-9-7-6-8-10-18/h6-10,19-20,28H,5,11-17H2,1-4H3,(H,25,30)/t19?,20-,24?/m1/s1. The SMILES string of the molecule is CCC(C)(C)C1CCC2(CC1)NC(=O)N(C[C@H](O)CN(C)Cc1ccccc1)C2=O. The normalized spacial score (nSPS) is 25.8. The van der Waals surface area contributed by atoms with Crippen LogP contribution < -0.4 is 5.32 Å². The van der Waals surface area contributed by atoms with E-state index in [1.165, 1.54) is 4.90 Å². The average molecular weight is 416 g/mol. The summed E-state index contributed by atoms with van der Waals surface area (Å²) in [7, 11) is 1.93. The molecule has 0 aromatic heterocycles. The lowest BCUT2D eigenvalue weighted by atomic mass is 9.65. The van der Waals surface area contributed by atoms with Gasteiger partial charge in [0.1, 0.15) is 5.54 Å². The van der Waals surface area contributed by atoms with Crippen LogP contribution in [0.4, 0.5) is 4.79 Å². The molecule has 3 rings (SSSR count). The Morgan fingerprint density at radius 1 is 1.23 bits per heavy atom. The number of hydrogen-bond acceptors (Lipinski definition) is 4. The third-order valence-corrected chi connectivity index (χ3v) is 7.31. The van der Waals surface area contributed by atoms with Crippen molar-refractivity contribution in [3.8, 4) is 0 Å². The van der Waals surface area contributed by atoms with E-state index in [0.29, 0.717) is 31.8 Å². The molecule has 1 aliphatic heterocycles. The second-order valence-corrected chi connectivity index (χ2v) is 9.88. The van der Waals surface area contributed by atoms with Crippen molar-refractivity contribution in [2.75, 3.05) is 20.1 Å². The highest BCUT2D eigenvalue weighted by Gasteiger charge is 2.53. The van der Waals surface area contributed by atoms with E-state index in [9.17, 15) is 14.7 Å². The fourth-order valence-electron chi connectivity index (χ4n) is 4.95. The monoisotopic (exact) mass is 415 g/mol. The van der Waals surface area contributed by atoms with Gasteiger partial charge in [-0.25, -0.2) is 4.79 Å². The van der Waals surface area contributed by atoms with Gasteiger partial charge in [0.05, 0.1) is 12.6 Å². The Kier molecular flexibility index (Phi) is 6.88. The number of hydrogen-bond donors (Lipinski definition) is 2. The maximum atomic E-state index is 13.1. The van der Waals surface area contributed by atoms with Gasteiger partial charge < -0.3 is 10.4 Å². The highest BCUT2D eigenvalue weighted by atomic mass is 16.3. The summed E-state index contributed by atoms with van der Waals surface area (Å²) in [6.07, 6.45) is 3.60. The molecule has 0 bridgehead atoms. The van der Waals surface area contributed by atoms with Crippen molar-refractivity contribution < 1.29 is 14.7 Å². The number of aliphatic hydroxyl groups excluding tert-OH is 1. The molecule has 30 heavy (non-hydrogen) atoms. The molecule has 6 heteroatoms. The first kappa shape index (κ1) is 22.8. The molecule has 0 unspecified atom stereocenters. The summed E-state index contributed by atoms with van der Waals surface area (Å²) in [6, 6.07) is 9.67. The zero-order valence-electron chi connectivity index (χ0n) is 18.9. The highest BCUT2D eigenvalue weighted by Crippen LogP contribution is 2.45. The highest BCUT2D eigenvalue weighted by molar-refractivity contribution is 6.07. The van der Waals surface area contributed by atoms with Gasteiger partial charge in [-0.3, -0.25) is 14.6 Å². The number of β-amino-alcohol motifs (C(OH)–C–C–N with tert-alkyl or cyclic N) is 1. The lowest BCUT2D eigenvalue weighted by Crippen LogP contribution is -2.51. The van der Waals surface area contributed by atoms with Crippen LogP contribution in [-0.4, -0.2) is 58.6 Å². The summed E-state index contributed by atoms with van der Waals surface area (Å²) in [4.78, 5) is 29.0. The number of imide groups is 1. The molecule has 166 valence electrons. The summed E-state index contributed by atoms with van der Waals surface area (Å²) >= 11 is 0. The molecule has 0 radical (unpaired) electrons. The van der Waals surface area contributed by atoms with Crippen molar-refractivity contribution in [2.45, 2.75) is 71.1 Å². The Hall–Kier alpha value is -1.92. The fourth-order valence-corrected chi connectivity index (χ4v) is 4.95. The second kappa shape index (κ2) is 9.06. The van der Waals surface area contributed by atoms with Crippen LogP contribution in [0, 0.1) is 11.3 Å². The predicted octanol–water partition coefficient (Wildman–Crippen LogP) is 3.40. The molecule has 2 N–H and O–H groups in total. The molecule has 3 amide bonds. The minimum Gasteiger partial charge on any atom is -0.390 e. The number of benzene rings is 1. The minimum absolute atomic E-state index is 0.0371. The van der Waals surface area contributed by atoms with Crippen LogP contribution >= 0.6 is 0 Å². The van der Waals surface area contributed by atoms with E-state index in [4.69, 9.17) is 0 Å². The zero-order valence-corrected chi connectivity index (χ0v) is 18.9. The van der Waals surface area contributed by atoms with Gasteiger partial charge in [-0.05, 0) is 49.6 Å². The molecular weight excluding hydrogens is 378 g/mol. The largest absolute Gasteiger partial charge is 0.390 e. The van der Waals surface area contributed by atoms with Crippen molar-refractivity contribution in [1.29, 1.82) is 0 Å². The first-order valence-electron chi connectivity index (χ1n) is 11.2. The van der Waals surface area contributed by atoms with E-state index >= 15 is 0 Å². The number of amides is 3. The van der Waals surface area contributed by atoms with Gasteiger partial charge >= 0.3 is 6.03 Å². The molecule has 6 nitrogen and oxygen atoms in total. The molecule has 1 aliphatic carbocycles. The predicted molar refractivity (Wildman–Crippen MR) is 118 cm³/mol. The van der Waals surface area contributed by atoms with Crippen LogP contribution in [0.2, 0.25) is 0 Å². The van der Waals surface area contributed by atoms with E-state index in [1.807, 2.05) is 42.3 Å². The number of aliphatic hydroxyl groups is 1. The quantitative estimate of drug-likeness (QED) is 0.639. The first-order valence-corrected chi connectivity index (χ1v) is 11.2. The Morgan fingerprint density at radius 2 is 1.87 bits per heavy atom. The molecule has 1 heterocycles. The third-order valence-electron chi connectivity index (χ3n) is 7.31. The Labute approximate surface area is 180 Å². The second-order valence-electron chi connectivity index (χ2n) is 9.88. The summed E-state index contributed by atoms with van der Waals surface area (Å²) in [5, 5.41) is 13.5. The molecule has 1 aromatic carbocycles. The Bertz CT molecular complexity index is 741. The minimum atomic E-state index is -0.779. The van der Waals surface area contributed by atoms with E-state index in [0.717, 1.165) is 24.8 Å². The molecule has 1 saturated carbocycles. The Balaban J connectivity index is 1.55. The van der Waals surface area contributed by atoms with Crippen molar-refractivity contribution >= 4 is 11.9 Å². The lowest BCUT2D eigenvalue weighted by molar-refractivity contribution is -0.134. The van der Waals surface area contributed by atoms with Crippen molar-refractivity contribution in [3.05, 3.63) is 35.9 Å². The molecule has 2 fully saturated rings. The van der Waals surface area contributed by atoms with Gasteiger partial charge in [0.15, 0.2) is 0 Å². The van der Waals surface area contributed by atoms with E-state index < -0.39 is 11.6 Å². The molecule has 1 spiro atoms. The van der Waals surface area contributed by atoms with Crippen LogP contribution in [0.15, 0.2) is 30.3 Å². The van der Waals surface area contributed by atoms with Gasteiger partial charge in [-0.2, -0.15) is 0 Å². The Morgan fingerprint density at radius 3 is 2.47 bits per heavy atom. The van der Waals surface area contributed by atoms with Crippen molar-refractivity contribution in [1.82, 2.24) is 15.1 Å². The van der Waals surface area contributed by atoms with E-state index in [1.54, 1.807) is 0 Å². The van der Waals surface area contributed by atoms with E-state index in [-0.39, 0.29) is 23.9 Å². The topological polar surface area (TPSA) is 72.9 Å². The van der Waals surface area contributed by atoms with Crippen LogP contribution in [0.1, 0.15) is 58.4 Å². The van der Waals surface area contributed by atoms with Crippen LogP contribution in [0.5, 0.6) is 0 Å². The van der Waals surface area contributed by atoms with Crippen molar-refractivity contribution in [2.24, 2.45) is 11.3 Å². The number of likely N-dealkylation sites (N-methyl/N-ethyl adjacent to an activating group) is 1. The van der Waals surface area contributed by atoms with Gasteiger partial charge in [0.2, 0.25) is 0 Å². The van der Waals surface area contributed by atoms with Gasteiger partial charge in [0, 0.05) is 13.1 Å². The van der Waals surface area contributed by atoms with Crippen molar-refractivity contribution in [3.63, 3.8) is 0 Å². The number of carbonyl (C=O) groups excluding carboxylic acids is 2. The smallest absolute Gasteiger partial charge is 0.325 e. The molecule has 1 atom stereocenters. The maximum Gasteiger partial charge on any atom is 0.325 e. The molecule has 1 aromatic rings. The third kappa shape index (κ3) is 4.86. The summed E-state index contributed by atoms with van der Waals surface area (Å²) in [5.74, 6) is 0.411. The first-order chi connectivity index (χ1) is 14.2. The zero-order chi connectivity index (χ0) is 21.9. The van der Waals surface area contributed by atoms with Gasteiger partial charge in [0.25, 0.3) is 5.91 Å². The van der Waals surface area contributed by atoms with Crippen LogP contribution in [-0.2, 0) is 11.3 Å². The van der Waals surface area contributed by atoms with Gasteiger partial charge in [-0.15, -0.1) is 0 Å². The number of rotatable bonds is 8. The maximum absolute atomic E-state index is 13.1. The number of carbonyl (C=O) groups is 2. The molecule has 1 saturated heterocycles. The summed E-state index contributed by atoms with van der Waals surface area (Å²) < 4.78 is 0. The average Bonchev–Trinajstić information content (AvgIpc) is 2.93. The number of urea groups is 1.